The van der Waals surface area contributed by atoms with Gasteiger partial charge in [-0.1, -0.05) is 17.7 Å². The van der Waals surface area contributed by atoms with Crippen LogP contribution in [0.25, 0.3) is 27.5 Å². The van der Waals surface area contributed by atoms with Gasteiger partial charge in [-0.25, -0.2) is 31.0 Å². The molecule has 62 heavy (non-hydrogen) atoms. The first kappa shape index (κ1) is 41.8. The van der Waals surface area contributed by atoms with Crippen LogP contribution in [0.1, 0.15) is 71.7 Å². The number of nitrogens with zero attached hydrogens (tertiary/aromatic N) is 6. The maximum atomic E-state index is 15.5. The van der Waals surface area contributed by atoms with Gasteiger partial charge in [-0.05, 0) is 66.8 Å². The van der Waals surface area contributed by atoms with Crippen LogP contribution in [0.4, 0.5) is 32.2 Å². The summed E-state index contributed by atoms with van der Waals surface area (Å²) >= 11 is 6.64. The van der Waals surface area contributed by atoms with E-state index in [1.165, 1.54) is 23.9 Å². The molecule has 0 radical (unpaired) electrons. The number of sulfonamides is 1. The van der Waals surface area contributed by atoms with Gasteiger partial charge >= 0.3 is 0 Å². The van der Waals surface area contributed by atoms with E-state index < -0.39 is 87.7 Å². The van der Waals surface area contributed by atoms with Crippen LogP contribution >= 0.6 is 11.6 Å². The summed E-state index contributed by atoms with van der Waals surface area (Å²) in [7, 11) is -2.43. The Labute approximate surface area is 353 Å². The number of fused-ring (bicyclic) bond motifs is 5. The predicted molar refractivity (Wildman–Crippen MR) is 216 cm³/mol. The van der Waals surface area contributed by atoms with Gasteiger partial charge in [-0.2, -0.15) is 19.0 Å². The molecule has 4 N–H and O–H groups in total. The number of nitrogens with one attached hydrogen (secondary N) is 4. The van der Waals surface area contributed by atoms with E-state index in [2.05, 4.69) is 30.9 Å². The summed E-state index contributed by atoms with van der Waals surface area (Å²) in [5, 5.41) is 17.8. The number of rotatable bonds is 11. The van der Waals surface area contributed by atoms with E-state index in [0.29, 0.717) is 17.3 Å². The zero-order valence-corrected chi connectivity index (χ0v) is 34.6. The van der Waals surface area contributed by atoms with Gasteiger partial charge in [0, 0.05) is 56.2 Å². The highest BCUT2D eigenvalue weighted by molar-refractivity contribution is 7.92. The smallest absolute Gasteiger partial charge is 0.293 e. The molecule has 1 aliphatic heterocycles. The fraction of sp³-hybridized carbons (Fsp3) is 0.375. The minimum Gasteiger partial charge on any atom is -0.344 e. The molecule has 9 rings (SSSR count). The number of anilines is 1. The van der Waals surface area contributed by atoms with Crippen molar-refractivity contribution in [2.24, 2.45) is 13.0 Å². The van der Waals surface area contributed by atoms with Crippen molar-refractivity contribution in [3.8, 4) is 5.69 Å². The lowest BCUT2D eigenvalue weighted by atomic mass is 9.97. The third kappa shape index (κ3) is 7.27. The summed E-state index contributed by atoms with van der Waals surface area (Å²) in [5.41, 5.74) is -1.53. The van der Waals surface area contributed by atoms with Crippen molar-refractivity contribution in [2.75, 3.05) is 24.1 Å². The molecule has 1 saturated carbocycles. The average Bonchev–Trinajstić information content (AvgIpc) is 3.73. The highest BCUT2D eigenvalue weighted by Gasteiger charge is 2.67. The van der Waals surface area contributed by atoms with Crippen molar-refractivity contribution in [1.82, 2.24) is 45.1 Å². The lowest BCUT2D eigenvalue weighted by Crippen LogP contribution is -2.49. The van der Waals surface area contributed by atoms with Crippen LogP contribution in [-0.4, -0.2) is 68.8 Å². The van der Waals surface area contributed by atoms with Crippen LogP contribution in [0.3, 0.4) is 0 Å². The number of carbonyl (C=O) groups excluding carboxylic acids is 1. The molecule has 14 nitrogen and oxygen atoms in total. The number of aromatic nitrogens is 6. The third-order valence-corrected chi connectivity index (χ3v) is 12.5. The number of carbonyl (C=O) groups is 1. The summed E-state index contributed by atoms with van der Waals surface area (Å²) in [6.45, 7) is 2.37. The van der Waals surface area contributed by atoms with Crippen LogP contribution in [0, 0.1) is 17.6 Å². The molecule has 3 aromatic carbocycles. The molecule has 2 fully saturated rings. The third-order valence-electron chi connectivity index (χ3n) is 11.6. The number of amides is 1. The quantitative estimate of drug-likeness (QED) is 0.120. The molecule has 2 unspecified atom stereocenters. The number of hydrogen-bond donors (Lipinski definition) is 4. The first-order valence-electron chi connectivity index (χ1n) is 19.5. The van der Waals surface area contributed by atoms with Crippen LogP contribution in [0.5, 0.6) is 0 Å². The minimum absolute atomic E-state index is 0.00340. The van der Waals surface area contributed by atoms with Crippen LogP contribution in [0.2, 0.25) is 5.02 Å². The molecular weight excluding hydrogens is 866 g/mol. The maximum absolute atomic E-state index is 15.5. The highest BCUT2D eigenvalue weighted by atomic mass is 35.5. The van der Waals surface area contributed by atoms with Gasteiger partial charge in [0.15, 0.2) is 5.82 Å². The summed E-state index contributed by atoms with van der Waals surface area (Å²) in [5.74, 6) is -8.90. The van der Waals surface area contributed by atoms with E-state index in [0.717, 1.165) is 35.1 Å². The monoisotopic (exact) mass is 902 g/mol. The second-order valence-corrected chi connectivity index (χ2v) is 18.1. The van der Waals surface area contributed by atoms with Gasteiger partial charge in [-0.15, -0.1) is 0 Å². The fourth-order valence-corrected chi connectivity index (χ4v) is 9.76. The summed E-state index contributed by atoms with van der Waals surface area (Å²) in [6, 6.07) is 8.76. The number of piperazine rings is 1. The van der Waals surface area contributed by atoms with E-state index in [9.17, 15) is 30.8 Å². The number of benzene rings is 3. The van der Waals surface area contributed by atoms with Gasteiger partial charge in [-0.3, -0.25) is 28.2 Å². The molecule has 3 aliphatic rings. The summed E-state index contributed by atoms with van der Waals surface area (Å²) in [4.78, 5) is 34.1. The Morgan fingerprint density at radius 1 is 1.05 bits per heavy atom. The lowest BCUT2D eigenvalue weighted by molar-refractivity contribution is -0.123. The minimum atomic E-state index is -3.90. The molecule has 1 saturated heterocycles. The Hall–Kier alpha value is -5.51. The molecule has 22 heteroatoms. The van der Waals surface area contributed by atoms with Crippen molar-refractivity contribution >= 4 is 55.2 Å². The molecule has 4 heterocycles. The number of alkyl halides is 4. The average molecular weight is 903 g/mol. The van der Waals surface area contributed by atoms with Crippen LogP contribution < -0.4 is 26.2 Å². The lowest BCUT2D eigenvalue weighted by Gasteiger charge is -2.31. The van der Waals surface area contributed by atoms with Crippen molar-refractivity contribution < 1.29 is 39.6 Å². The van der Waals surface area contributed by atoms with E-state index in [-0.39, 0.29) is 73.8 Å². The van der Waals surface area contributed by atoms with Crippen molar-refractivity contribution in [2.45, 2.75) is 62.7 Å². The molecule has 0 spiro atoms. The normalized spacial score (nSPS) is 21.0. The molecule has 2 aliphatic carbocycles. The number of aryl methyl sites for hydroxylation is 1. The largest absolute Gasteiger partial charge is 0.344 e. The first-order valence-corrected chi connectivity index (χ1v) is 21.8. The van der Waals surface area contributed by atoms with E-state index in [1.54, 1.807) is 18.2 Å². The molecule has 0 bridgehead atoms. The molecule has 326 valence electrons. The second-order valence-electron chi connectivity index (χ2n) is 16.0. The van der Waals surface area contributed by atoms with Crippen molar-refractivity contribution in [3.63, 3.8) is 0 Å². The van der Waals surface area contributed by atoms with Crippen LogP contribution in [0.15, 0.2) is 53.3 Å². The Morgan fingerprint density at radius 2 is 1.77 bits per heavy atom. The van der Waals surface area contributed by atoms with Crippen molar-refractivity contribution in [1.29, 1.82) is 0 Å². The van der Waals surface area contributed by atoms with E-state index >= 15 is 13.6 Å². The molecule has 3 aromatic heterocycles. The Bertz CT molecular complexity index is 2990. The summed E-state index contributed by atoms with van der Waals surface area (Å²) < 4.78 is 119. The highest BCUT2D eigenvalue weighted by Crippen LogP contribution is 2.68. The molecule has 5 atom stereocenters. The topological polar surface area (TPSA) is 170 Å². The number of hydrogen-bond acceptors (Lipinski definition) is 9. The van der Waals surface area contributed by atoms with E-state index in [1.807, 2.05) is 6.92 Å². The summed E-state index contributed by atoms with van der Waals surface area (Å²) in [6.07, 6.45) is -2.72. The van der Waals surface area contributed by atoms with Gasteiger partial charge in [0.1, 0.15) is 35.4 Å². The predicted octanol–water partition coefficient (Wildman–Crippen LogP) is 5.64. The van der Waals surface area contributed by atoms with E-state index in [4.69, 9.17) is 16.6 Å². The molecule has 6 aromatic rings. The van der Waals surface area contributed by atoms with Gasteiger partial charge in [0.05, 0.1) is 44.8 Å². The molecular formula is C40H37ClF6N10O4S. The van der Waals surface area contributed by atoms with Crippen molar-refractivity contribution in [3.05, 3.63) is 109 Å². The zero-order chi connectivity index (χ0) is 44.2. The van der Waals surface area contributed by atoms with Gasteiger partial charge < -0.3 is 16.0 Å². The maximum Gasteiger partial charge on any atom is 0.293 e. The Kier molecular flexibility index (Phi) is 10.2. The molecule has 1 amide bonds. The number of halogens is 7. The Balaban J connectivity index is 1.25. The van der Waals surface area contributed by atoms with Crippen LogP contribution in [-0.2, 0) is 40.8 Å². The first-order chi connectivity index (χ1) is 29.3. The fourth-order valence-electron chi connectivity index (χ4n) is 9.02. The Morgan fingerprint density at radius 3 is 2.47 bits per heavy atom. The van der Waals surface area contributed by atoms with Gasteiger partial charge in [0.25, 0.3) is 17.9 Å². The van der Waals surface area contributed by atoms with Gasteiger partial charge in [0.2, 0.25) is 15.9 Å². The standard InChI is InChI=1S/C40H37ClF6N10O4S/c1-17-32(49-9-8-48-17)19-4-5-22-26(13-19)51-38(57(39(22)59)28-7-6-25(41)31-34(28)55(2)53-37(31)54-62(3,60)61)27(12-18-10-20(42)14-21(43)11-18)50-29(58)16-56-35-30(33(52-56)36(44)45)23-15-24(23)40(35,46)47/h4-7,10-11,13-14,17,23-24,27,32,36,48-49H,8-9,12,15-16H2,1-3H3,(H,50,58)(H,53,54)/t17?,23-,24+,27-,32?/m0/s1. The second kappa shape index (κ2) is 15.1. The SMILES string of the molecule is CC1NCCNC1c1ccc2c(=O)n(-c3ccc(Cl)c4c(NS(C)(=O)=O)nn(C)c34)c([C@H](Cc3cc(F)cc(F)c3)NC(=O)Cn3nc(C(F)F)c4c3C(F)(F)[C@@H]3C[C@H]43)nc2c1. The zero-order valence-electron chi connectivity index (χ0n) is 33.0.